The van der Waals surface area contributed by atoms with E-state index in [0.29, 0.717) is 11.5 Å². The van der Waals surface area contributed by atoms with Crippen LogP contribution in [-0.4, -0.2) is 14.2 Å². The van der Waals surface area contributed by atoms with Crippen LogP contribution < -0.4 is 87.6 Å². The third kappa shape index (κ3) is 6.06. The minimum Gasteiger partial charge on any atom is -0.780 e. The Balaban J connectivity index is 0.00000225. The molecule has 0 fully saturated rings. The second-order valence-electron chi connectivity index (χ2n) is 6.42. The minimum atomic E-state index is -5.19. The van der Waals surface area contributed by atoms with Crippen molar-refractivity contribution in [3.05, 3.63) is 53.1 Å². The van der Waals surface area contributed by atoms with Gasteiger partial charge in [-0.1, -0.05) is 25.1 Å². The van der Waals surface area contributed by atoms with Crippen molar-refractivity contribution in [1.29, 1.82) is 0 Å². The maximum atomic E-state index is 10.9. The van der Waals surface area contributed by atoms with Gasteiger partial charge in [-0.05, 0) is 42.3 Å². The Morgan fingerprint density at radius 1 is 1.03 bits per heavy atom. The molecule has 3 rings (SSSR count). The molecule has 0 aliphatic carbocycles. The van der Waals surface area contributed by atoms with Gasteiger partial charge in [0.15, 0.2) is 23.0 Å². The molecule has 0 N–H and O–H groups in total. The number of phosphoric ester groups is 1. The first kappa shape index (κ1) is 27.6. The molecular formula is C20H21Na2O7P. The number of benzene rings is 2. The fourth-order valence-corrected chi connectivity index (χ4v) is 3.75. The van der Waals surface area contributed by atoms with Crippen LogP contribution in [0, 0.1) is 0 Å². The predicted octanol–water partition coefficient (Wildman–Crippen LogP) is -2.81. The zero-order valence-electron chi connectivity index (χ0n) is 18.0. The van der Waals surface area contributed by atoms with Gasteiger partial charge in [-0.15, -0.1) is 0 Å². The van der Waals surface area contributed by atoms with Crippen molar-refractivity contribution in [1.82, 2.24) is 0 Å². The van der Waals surface area contributed by atoms with Crippen LogP contribution in [0.2, 0.25) is 0 Å². The molecule has 0 radical (unpaired) electrons. The number of rotatable bonds is 6. The minimum absolute atomic E-state index is 0. The van der Waals surface area contributed by atoms with Crippen LogP contribution in [0.25, 0.3) is 6.08 Å². The molecule has 2 aromatic rings. The molecule has 1 heterocycles. The first-order valence-corrected chi connectivity index (χ1v) is 10.1. The maximum absolute atomic E-state index is 10.9. The Kier molecular flexibility index (Phi) is 10.5. The Labute approximate surface area is 220 Å². The van der Waals surface area contributed by atoms with Gasteiger partial charge in [0, 0.05) is 11.5 Å². The van der Waals surface area contributed by atoms with Gasteiger partial charge < -0.3 is 33.1 Å². The average Bonchev–Trinajstić information content (AvgIpc) is 2.97. The summed E-state index contributed by atoms with van der Waals surface area (Å²) in [6, 6.07) is 8.61. The molecule has 2 atom stereocenters. The van der Waals surface area contributed by atoms with Crippen LogP contribution in [0.4, 0.5) is 0 Å². The summed E-state index contributed by atoms with van der Waals surface area (Å²) in [6.45, 7) is 3.98. The summed E-state index contributed by atoms with van der Waals surface area (Å²) in [4.78, 5) is 21.8. The van der Waals surface area contributed by atoms with Crippen molar-refractivity contribution in [3.8, 4) is 23.0 Å². The number of fused-ring (bicyclic) bond motifs is 1. The molecule has 0 spiro atoms. The van der Waals surface area contributed by atoms with Crippen LogP contribution in [0.3, 0.4) is 0 Å². The summed E-state index contributed by atoms with van der Waals surface area (Å²) in [6.07, 6.45) is 3.61. The van der Waals surface area contributed by atoms with Gasteiger partial charge in [0.25, 0.3) is 0 Å². The zero-order chi connectivity index (χ0) is 20.5. The molecule has 150 valence electrons. The van der Waals surface area contributed by atoms with E-state index in [1.54, 1.807) is 19.2 Å². The van der Waals surface area contributed by atoms with E-state index in [0.717, 1.165) is 16.7 Å². The van der Waals surface area contributed by atoms with Crippen molar-refractivity contribution < 1.29 is 92.2 Å². The molecule has 0 bridgehead atoms. The molecule has 0 amide bonds. The molecule has 0 unspecified atom stereocenters. The number of hydrogen-bond acceptors (Lipinski definition) is 7. The van der Waals surface area contributed by atoms with Gasteiger partial charge in [0.2, 0.25) is 0 Å². The number of phosphoric acid groups is 1. The van der Waals surface area contributed by atoms with E-state index in [4.69, 9.17) is 14.2 Å². The van der Waals surface area contributed by atoms with E-state index < -0.39 is 7.82 Å². The third-order valence-corrected chi connectivity index (χ3v) is 5.02. The maximum Gasteiger partial charge on any atom is 1.00 e. The van der Waals surface area contributed by atoms with E-state index >= 15 is 0 Å². The monoisotopic (exact) mass is 450 g/mol. The van der Waals surface area contributed by atoms with E-state index in [-0.39, 0.29) is 82.6 Å². The van der Waals surface area contributed by atoms with Crippen LogP contribution in [0.1, 0.15) is 42.6 Å². The molecular weight excluding hydrogens is 429 g/mol. The zero-order valence-corrected chi connectivity index (χ0v) is 22.9. The molecule has 30 heavy (non-hydrogen) atoms. The molecule has 7 nitrogen and oxygen atoms in total. The first-order chi connectivity index (χ1) is 13.3. The quantitative estimate of drug-likeness (QED) is 0.346. The summed E-state index contributed by atoms with van der Waals surface area (Å²) in [7, 11) is -2.22. The smallest absolute Gasteiger partial charge is 0.780 e. The van der Waals surface area contributed by atoms with Gasteiger partial charge in [-0.3, -0.25) is 0 Å². The molecule has 0 saturated carbocycles. The Bertz CT molecular complexity index is 958. The summed E-state index contributed by atoms with van der Waals surface area (Å²) >= 11 is 0. The van der Waals surface area contributed by atoms with E-state index in [9.17, 15) is 14.4 Å². The summed E-state index contributed by atoms with van der Waals surface area (Å²) < 4.78 is 32.2. The van der Waals surface area contributed by atoms with Crippen molar-refractivity contribution >= 4 is 13.9 Å². The molecule has 0 saturated heterocycles. The van der Waals surface area contributed by atoms with Crippen LogP contribution in [0.15, 0.2) is 36.4 Å². The Hall–Kier alpha value is -0.470. The average molecular weight is 450 g/mol. The number of hydrogen-bond donors (Lipinski definition) is 0. The Morgan fingerprint density at radius 2 is 1.70 bits per heavy atom. The molecule has 0 aromatic heterocycles. The fourth-order valence-electron chi connectivity index (χ4n) is 3.36. The summed E-state index contributed by atoms with van der Waals surface area (Å²) in [5.74, 6) is 1.31. The standard InChI is InChI=1S/C20H23O7P.2Na/c1-5-6-13-9-15-12(2)19(26-20(15)18(10-13)25-4)14-7-8-16(17(11-14)24-3)27-28(21,22)23;;/h5-12,19H,1-4H3,(H2,21,22,23);;/q;2*+1/p-2/b6-5+;;/t12-,19-;;/m0../s1. The van der Waals surface area contributed by atoms with Gasteiger partial charge in [-0.2, -0.15) is 0 Å². The van der Waals surface area contributed by atoms with Crippen LogP contribution in [-0.2, 0) is 4.57 Å². The third-order valence-electron chi connectivity index (χ3n) is 4.60. The normalized spacial score (nSPS) is 17.4. The van der Waals surface area contributed by atoms with Crippen molar-refractivity contribution in [2.75, 3.05) is 14.2 Å². The second-order valence-corrected chi connectivity index (χ2v) is 7.49. The van der Waals surface area contributed by atoms with Gasteiger partial charge in [0.05, 0.1) is 14.2 Å². The van der Waals surface area contributed by atoms with Gasteiger partial charge >= 0.3 is 59.1 Å². The molecule has 10 heteroatoms. The number of methoxy groups -OCH3 is 2. The topological polar surface area (TPSA) is 100 Å². The van der Waals surface area contributed by atoms with Crippen molar-refractivity contribution in [2.45, 2.75) is 25.9 Å². The van der Waals surface area contributed by atoms with Crippen molar-refractivity contribution in [3.63, 3.8) is 0 Å². The molecule has 2 aromatic carbocycles. The van der Waals surface area contributed by atoms with Gasteiger partial charge in [0.1, 0.15) is 13.9 Å². The second kappa shape index (κ2) is 11.4. The largest absolute Gasteiger partial charge is 1.00 e. The van der Waals surface area contributed by atoms with Crippen LogP contribution >= 0.6 is 7.82 Å². The summed E-state index contributed by atoms with van der Waals surface area (Å²) in [5, 5.41) is 0. The SMILES string of the molecule is C/C=C/c1cc(OC)c2c(c1)[C@H](C)[C@@H](c1ccc(OP(=O)([O-])[O-])c(OC)c1)O2.[Na+].[Na+]. The summed E-state index contributed by atoms with van der Waals surface area (Å²) in [5.41, 5.74) is 2.78. The van der Waals surface area contributed by atoms with E-state index in [2.05, 4.69) is 10.6 Å². The van der Waals surface area contributed by atoms with E-state index in [1.807, 2.05) is 32.1 Å². The Morgan fingerprint density at radius 3 is 2.27 bits per heavy atom. The molecule has 1 aliphatic rings. The fraction of sp³-hybridized carbons (Fsp3) is 0.300. The predicted molar refractivity (Wildman–Crippen MR) is 101 cm³/mol. The van der Waals surface area contributed by atoms with Crippen molar-refractivity contribution in [2.24, 2.45) is 0 Å². The molecule has 1 aliphatic heterocycles. The van der Waals surface area contributed by atoms with E-state index in [1.165, 1.54) is 13.2 Å². The first-order valence-electron chi connectivity index (χ1n) is 8.68. The van der Waals surface area contributed by atoms with Gasteiger partial charge in [-0.25, -0.2) is 0 Å². The number of allylic oxidation sites excluding steroid dienone is 1. The number of ether oxygens (including phenoxy) is 3. The van der Waals surface area contributed by atoms with Crippen LogP contribution in [0.5, 0.6) is 23.0 Å².